The van der Waals surface area contributed by atoms with Crippen molar-refractivity contribution in [2.75, 3.05) is 52.4 Å². The van der Waals surface area contributed by atoms with E-state index in [0.717, 1.165) is 69.5 Å². The number of fused-ring (bicyclic) bond motifs is 8. The molecule has 292 valence electrons. The molecule has 4 atom stereocenters. The summed E-state index contributed by atoms with van der Waals surface area (Å²) in [5, 5.41) is 0. The molecule has 8 aliphatic heterocycles. The first-order chi connectivity index (χ1) is 27.0. The molecule has 3 aromatic rings. The molecule has 8 nitrogen and oxygen atoms in total. The van der Waals surface area contributed by atoms with Gasteiger partial charge in [0.1, 0.15) is 18.0 Å². The zero-order valence-corrected chi connectivity index (χ0v) is 32.2. The minimum atomic E-state index is -0.269. The predicted molar refractivity (Wildman–Crippen MR) is 210 cm³/mol. The van der Waals surface area contributed by atoms with Crippen LogP contribution in [0, 0.1) is 23.6 Å². The van der Waals surface area contributed by atoms with Gasteiger partial charge in [0.05, 0.1) is 12.1 Å². The molecule has 4 bridgehead atoms. The number of rotatable bonds is 4. The number of benzene rings is 3. The molecule has 4 unspecified atom stereocenters. The van der Waals surface area contributed by atoms with Crippen LogP contribution in [-0.2, 0) is 22.3 Å². The normalized spacial score (nSPS) is 31.1. The molecular formula is C46H57FN4O4. The average molecular weight is 749 g/mol. The smallest absolute Gasteiger partial charge is 0.410 e. The lowest BCUT2D eigenvalue weighted by atomic mass is 9.77. The predicted octanol–water partition coefficient (Wildman–Crippen LogP) is 8.40. The van der Waals surface area contributed by atoms with E-state index < -0.39 is 0 Å². The van der Waals surface area contributed by atoms with Crippen LogP contribution in [0.2, 0.25) is 0 Å². The Morgan fingerprint density at radius 2 is 1.05 bits per heavy atom. The van der Waals surface area contributed by atoms with Gasteiger partial charge < -0.3 is 14.4 Å². The first kappa shape index (κ1) is 36.7. The monoisotopic (exact) mass is 748 g/mol. The zero-order valence-electron chi connectivity index (χ0n) is 32.2. The average Bonchev–Trinajstić information content (AvgIpc) is 3.24. The molecule has 12 rings (SSSR count). The molecule has 55 heavy (non-hydrogen) atoms. The Kier molecular flexibility index (Phi) is 10.8. The van der Waals surface area contributed by atoms with Crippen LogP contribution in [0.1, 0.15) is 97.7 Å². The van der Waals surface area contributed by atoms with E-state index in [-0.39, 0.29) is 42.3 Å². The van der Waals surface area contributed by atoms with Gasteiger partial charge in [-0.2, -0.15) is 0 Å². The maximum Gasteiger partial charge on any atom is 0.410 e. The molecule has 1 saturated carbocycles. The largest absolute Gasteiger partial charge is 0.444 e. The van der Waals surface area contributed by atoms with E-state index in [2.05, 4.69) is 51.1 Å². The van der Waals surface area contributed by atoms with Crippen molar-refractivity contribution >= 4 is 12.2 Å². The molecule has 2 amide bonds. The van der Waals surface area contributed by atoms with E-state index in [4.69, 9.17) is 9.47 Å². The third kappa shape index (κ3) is 7.76. The molecular weight excluding hydrogens is 692 g/mol. The van der Waals surface area contributed by atoms with Crippen LogP contribution in [0.25, 0.3) is 0 Å². The van der Waals surface area contributed by atoms with Crippen LogP contribution in [0.3, 0.4) is 0 Å². The molecule has 3 aromatic carbocycles. The van der Waals surface area contributed by atoms with E-state index in [1.165, 1.54) is 86.9 Å². The van der Waals surface area contributed by atoms with Gasteiger partial charge >= 0.3 is 12.2 Å². The summed E-state index contributed by atoms with van der Waals surface area (Å²) >= 11 is 0. The Bertz CT molecular complexity index is 1800. The Labute approximate surface area is 325 Å². The standard InChI is InChI=1S/C23H25FN2O2.C23H32N2O2/c24-19-7-5-18(6-8-19)22-20-4-2-1-3-16(20)11-14-26(22)23(27)28-21-15-25-12-9-17(21)10-13-25;26-23(27-21-16-24-13-10-18(21)11-14-24)25-15-12-17-6-4-5-9-20(17)22(25)19-7-2-1-3-8-19/h1-8,17,21-22H,9-15H2;4-6,9,18-19,21-22H,1-3,7-8,10-16H2. The van der Waals surface area contributed by atoms with Gasteiger partial charge in [-0.1, -0.05) is 79.9 Å². The van der Waals surface area contributed by atoms with Crippen molar-refractivity contribution in [1.82, 2.24) is 19.6 Å². The summed E-state index contributed by atoms with van der Waals surface area (Å²) in [6, 6.07) is 23.4. The highest BCUT2D eigenvalue weighted by Gasteiger charge is 2.42. The highest BCUT2D eigenvalue weighted by molar-refractivity contribution is 5.71. The summed E-state index contributed by atoms with van der Waals surface area (Å²) in [5.74, 6) is 1.37. The third-order valence-electron chi connectivity index (χ3n) is 14.1. The van der Waals surface area contributed by atoms with Crippen molar-refractivity contribution in [1.29, 1.82) is 0 Å². The van der Waals surface area contributed by atoms with Gasteiger partial charge in [0.25, 0.3) is 0 Å². The van der Waals surface area contributed by atoms with Crippen LogP contribution < -0.4 is 0 Å². The molecule has 6 saturated heterocycles. The van der Waals surface area contributed by atoms with E-state index >= 15 is 0 Å². The summed E-state index contributed by atoms with van der Waals surface area (Å²) in [6.07, 6.45) is 12.6. The van der Waals surface area contributed by atoms with Crippen LogP contribution in [0.5, 0.6) is 0 Å². The molecule has 8 heterocycles. The number of halogens is 1. The summed E-state index contributed by atoms with van der Waals surface area (Å²) < 4.78 is 25.7. The summed E-state index contributed by atoms with van der Waals surface area (Å²) in [7, 11) is 0. The Morgan fingerprint density at radius 1 is 0.545 bits per heavy atom. The van der Waals surface area contributed by atoms with E-state index in [9.17, 15) is 14.0 Å². The molecule has 9 aliphatic rings. The first-order valence-corrected chi connectivity index (χ1v) is 21.3. The van der Waals surface area contributed by atoms with E-state index in [1.807, 2.05) is 17.0 Å². The Hall–Kier alpha value is -3.95. The minimum Gasteiger partial charge on any atom is -0.444 e. The highest BCUT2D eigenvalue weighted by Crippen LogP contribution is 2.43. The summed E-state index contributed by atoms with van der Waals surface area (Å²) in [6.45, 7) is 7.80. The van der Waals surface area contributed by atoms with Crippen LogP contribution >= 0.6 is 0 Å². The fraction of sp³-hybridized carbons (Fsp3) is 0.565. The number of carbonyl (C=O) groups is 2. The van der Waals surface area contributed by atoms with E-state index in [1.54, 1.807) is 12.1 Å². The van der Waals surface area contributed by atoms with Gasteiger partial charge in [0.2, 0.25) is 0 Å². The second kappa shape index (κ2) is 16.3. The second-order valence-electron chi connectivity index (χ2n) is 17.2. The maximum absolute atomic E-state index is 13.5. The Morgan fingerprint density at radius 3 is 1.62 bits per heavy atom. The quantitative estimate of drug-likeness (QED) is 0.267. The van der Waals surface area contributed by atoms with Crippen LogP contribution in [-0.4, -0.2) is 96.4 Å². The molecule has 0 N–H and O–H groups in total. The lowest BCUT2D eigenvalue weighted by Crippen LogP contribution is -2.53. The van der Waals surface area contributed by atoms with Gasteiger partial charge in [0, 0.05) is 26.2 Å². The topological polar surface area (TPSA) is 65.6 Å². The Balaban J connectivity index is 0.000000144. The van der Waals surface area contributed by atoms with Crippen molar-refractivity contribution in [2.24, 2.45) is 17.8 Å². The fourth-order valence-corrected chi connectivity index (χ4v) is 11.0. The van der Waals surface area contributed by atoms with Crippen LogP contribution in [0.15, 0.2) is 72.8 Å². The summed E-state index contributed by atoms with van der Waals surface area (Å²) in [4.78, 5) is 35.3. The van der Waals surface area contributed by atoms with Crippen molar-refractivity contribution in [3.63, 3.8) is 0 Å². The van der Waals surface area contributed by atoms with Gasteiger partial charge in [-0.05, 0) is 135 Å². The van der Waals surface area contributed by atoms with Crippen LogP contribution in [0.4, 0.5) is 14.0 Å². The van der Waals surface area contributed by atoms with Gasteiger partial charge in [-0.3, -0.25) is 14.7 Å². The summed E-state index contributed by atoms with van der Waals surface area (Å²) in [5.41, 5.74) is 6.07. The minimum absolute atomic E-state index is 0.0129. The van der Waals surface area contributed by atoms with Crippen molar-refractivity contribution < 1.29 is 23.5 Å². The SMILES string of the molecule is O=C(OC1CN2CCC1CC2)N1CCc2ccccc2C1C1CCCCC1.O=C(OC1CN2CCC1CC2)N1CCc2ccccc2C1c1ccc(F)cc1. The number of piperidine rings is 6. The number of hydrogen-bond acceptors (Lipinski definition) is 6. The zero-order chi connectivity index (χ0) is 37.3. The lowest BCUT2D eigenvalue weighted by Gasteiger charge is -2.46. The van der Waals surface area contributed by atoms with Gasteiger partial charge in [-0.15, -0.1) is 0 Å². The van der Waals surface area contributed by atoms with Gasteiger partial charge in [0.15, 0.2) is 0 Å². The second-order valence-corrected chi connectivity index (χ2v) is 17.2. The molecule has 0 aromatic heterocycles. The number of hydrogen-bond donors (Lipinski definition) is 0. The van der Waals surface area contributed by atoms with Crippen molar-refractivity contribution in [2.45, 2.75) is 94.9 Å². The molecule has 0 spiro atoms. The third-order valence-corrected chi connectivity index (χ3v) is 14.1. The maximum atomic E-state index is 13.5. The highest BCUT2D eigenvalue weighted by atomic mass is 19.1. The fourth-order valence-electron chi connectivity index (χ4n) is 11.0. The van der Waals surface area contributed by atoms with Crippen molar-refractivity contribution in [3.05, 3.63) is 106 Å². The lowest BCUT2D eigenvalue weighted by molar-refractivity contribution is -0.0507. The molecule has 1 aliphatic carbocycles. The number of carbonyl (C=O) groups excluding carboxylic acids is 2. The van der Waals surface area contributed by atoms with Crippen molar-refractivity contribution in [3.8, 4) is 0 Å². The number of amides is 2. The first-order valence-electron chi connectivity index (χ1n) is 21.3. The molecule has 9 heteroatoms. The number of ether oxygens (including phenoxy) is 2. The molecule has 7 fully saturated rings. The molecule has 0 radical (unpaired) electrons. The van der Waals surface area contributed by atoms with Gasteiger partial charge in [-0.25, -0.2) is 14.0 Å². The number of nitrogens with zero attached hydrogens (tertiary/aromatic N) is 4. The van der Waals surface area contributed by atoms with E-state index in [0.29, 0.717) is 24.3 Å².